The molecule has 1 unspecified atom stereocenters. The zero-order valence-corrected chi connectivity index (χ0v) is 11.6. The molecule has 1 aliphatic heterocycles. The van der Waals surface area contributed by atoms with Crippen LogP contribution >= 0.6 is 11.6 Å². The van der Waals surface area contributed by atoms with E-state index in [1.807, 2.05) is 0 Å². The predicted octanol–water partition coefficient (Wildman–Crippen LogP) is 4.44. The number of rotatable bonds is 8. The molecule has 1 atom stereocenters. The summed E-state index contributed by atoms with van der Waals surface area (Å²) in [6.07, 6.45) is 12.5. The van der Waals surface area contributed by atoms with E-state index in [1.54, 1.807) is 0 Å². The summed E-state index contributed by atoms with van der Waals surface area (Å²) in [6, 6.07) is 0.672. The van der Waals surface area contributed by atoms with E-state index in [9.17, 15) is 0 Å². The van der Waals surface area contributed by atoms with Gasteiger partial charge in [0.15, 0.2) is 0 Å². The molecule has 1 heterocycles. The van der Waals surface area contributed by atoms with Crippen LogP contribution in [0.5, 0.6) is 0 Å². The molecule has 0 N–H and O–H groups in total. The summed E-state index contributed by atoms with van der Waals surface area (Å²) in [4.78, 5) is 2.62. The first kappa shape index (κ1) is 14.3. The van der Waals surface area contributed by atoms with Crippen molar-refractivity contribution >= 4 is 11.6 Å². The molecule has 0 aromatic heterocycles. The number of hydrogen-bond donors (Lipinski definition) is 0. The molecule has 1 rings (SSSR count). The lowest BCUT2D eigenvalue weighted by atomic mass is 10.0. The molecule has 1 saturated heterocycles. The maximum atomic E-state index is 6.01. The number of nitrogens with zero attached hydrogens (tertiary/aromatic N) is 1. The van der Waals surface area contributed by atoms with Crippen LogP contribution in [0.25, 0.3) is 0 Å². The van der Waals surface area contributed by atoms with E-state index in [0.29, 0.717) is 6.04 Å². The second-order valence-electron chi connectivity index (χ2n) is 5.11. The van der Waals surface area contributed by atoms with Gasteiger partial charge in [-0.3, -0.25) is 4.90 Å². The molecule has 0 aliphatic carbocycles. The monoisotopic (exact) mass is 245 g/mol. The van der Waals surface area contributed by atoms with Gasteiger partial charge in [-0.1, -0.05) is 45.4 Å². The van der Waals surface area contributed by atoms with Crippen molar-refractivity contribution in [2.45, 2.75) is 70.8 Å². The highest BCUT2D eigenvalue weighted by Gasteiger charge is 2.20. The molecule has 0 bridgehead atoms. The third-order valence-electron chi connectivity index (χ3n) is 3.73. The fourth-order valence-electron chi connectivity index (χ4n) is 2.62. The first-order chi connectivity index (χ1) is 7.88. The van der Waals surface area contributed by atoms with Gasteiger partial charge in [0, 0.05) is 11.9 Å². The average Bonchev–Trinajstić information content (AvgIpc) is 2.34. The van der Waals surface area contributed by atoms with E-state index in [1.165, 1.54) is 70.9 Å². The Morgan fingerprint density at radius 1 is 1.06 bits per heavy atom. The number of halogens is 1. The van der Waals surface area contributed by atoms with Crippen LogP contribution in [-0.2, 0) is 0 Å². The summed E-state index contributed by atoms with van der Waals surface area (Å²) in [5.41, 5.74) is 0. The molecule has 0 spiro atoms. The van der Waals surface area contributed by atoms with E-state index < -0.39 is 0 Å². The Morgan fingerprint density at radius 2 is 1.81 bits per heavy atom. The zero-order chi connectivity index (χ0) is 11.6. The number of alkyl halides is 1. The van der Waals surface area contributed by atoms with Crippen molar-refractivity contribution in [1.29, 1.82) is 0 Å². The summed E-state index contributed by atoms with van der Waals surface area (Å²) in [6.45, 7) is 4.84. The van der Waals surface area contributed by atoms with E-state index in [2.05, 4.69) is 11.8 Å². The third-order valence-corrected chi connectivity index (χ3v) is 4.08. The molecule has 16 heavy (non-hydrogen) atoms. The standard InChI is InChI=1S/C14H28ClN/c1-2-3-4-5-6-8-11-16-12-9-7-10-14(16)13-15/h14H,2-13H2,1H3. The Labute approximate surface area is 107 Å². The second-order valence-corrected chi connectivity index (χ2v) is 5.42. The summed E-state index contributed by atoms with van der Waals surface area (Å²) in [7, 11) is 0. The van der Waals surface area contributed by atoms with E-state index in [-0.39, 0.29) is 0 Å². The van der Waals surface area contributed by atoms with Crippen molar-refractivity contribution in [2.75, 3.05) is 19.0 Å². The summed E-state index contributed by atoms with van der Waals surface area (Å²) >= 11 is 6.01. The Kier molecular flexibility index (Phi) is 8.32. The maximum absolute atomic E-state index is 6.01. The quantitative estimate of drug-likeness (QED) is 0.451. The van der Waals surface area contributed by atoms with Crippen molar-refractivity contribution < 1.29 is 0 Å². The molecule has 96 valence electrons. The lowest BCUT2D eigenvalue weighted by molar-refractivity contribution is 0.160. The SMILES string of the molecule is CCCCCCCCN1CCCCC1CCl. The van der Waals surface area contributed by atoms with Gasteiger partial charge in [0.05, 0.1) is 0 Å². The normalized spacial score (nSPS) is 22.5. The third kappa shape index (κ3) is 5.54. The largest absolute Gasteiger partial charge is 0.299 e. The minimum atomic E-state index is 0.672. The molecular formula is C14H28ClN. The molecule has 2 heteroatoms. The molecule has 1 nitrogen and oxygen atoms in total. The molecule has 0 radical (unpaired) electrons. The van der Waals surface area contributed by atoms with E-state index in [4.69, 9.17) is 11.6 Å². The van der Waals surface area contributed by atoms with Crippen molar-refractivity contribution in [2.24, 2.45) is 0 Å². The van der Waals surface area contributed by atoms with Gasteiger partial charge in [0.2, 0.25) is 0 Å². The minimum absolute atomic E-state index is 0.672. The van der Waals surface area contributed by atoms with Crippen LogP contribution < -0.4 is 0 Å². The molecule has 0 saturated carbocycles. The molecule has 1 fully saturated rings. The van der Waals surface area contributed by atoms with Gasteiger partial charge in [-0.15, -0.1) is 11.6 Å². The number of hydrogen-bond acceptors (Lipinski definition) is 1. The van der Waals surface area contributed by atoms with Crippen molar-refractivity contribution in [3.63, 3.8) is 0 Å². The van der Waals surface area contributed by atoms with Gasteiger partial charge in [-0.2, -0.15) is 0 Å². The lowest BCUT2D eigenvalue weighted by Gasteiger charge is -2.34. The van der Waals surface area contributed by atoms with Crippen LogP contribution in [0, 0.1) is 0 Å². The van der Waals surface area contributed by atoms with Gasteiger partial charge in [-0.25, -0.2) is 0 Å². The molecule has 0 aromatic carbocycles. The fraction of sp³-hybridized carbons (Fsp3) is 1.00. The molecule has 0 amide bonds. The van der Waals surface area contributed by atoms with Crippen LogP contribution in [0.3, 0.4) is 0 Å². The lowest BCUT2D eigenvalue weighted by Crippen LogP contribution is -2.41. The van der Waals surface area contributed by atoms with E-state index in [0.717, 1.165) is 5.88 Å². The van der Waals surface area contributed by atoms with E-state index >= 15 is 0 Å². The highest BCUT2D eigenvalue weighted by molar-refractivity contribution is 6.18. The van der Waals surface area contributed by atoms with Crippen LogP contribution in [0.15, 0.2) is 0 Å². The number of piperidine rings is 1. The van der Waals surface area contributed by atoms with Crippen molar-refractivity contribution in [3.8, 4) is 0 Å². The molecular weight excluding hydrogens is 218 g/mol. The summed E-state index contributed by atoms with van der Waals surface area (Å²) in [5.74, 6) is 0.829. The van der Waals surface area contributed by atoms with Crippen LogP contribution in [-0.4, -0.2) is 29.9 Å². The van der Waals surface area contributed by atoms with Crippen LogP contribution in [0.2, 0.25) is 0 Å². The highest BCUT2D eigenvalue weighted by Crippen LogP contribution is 2.18. The second kappa shape index (κ2) is 9.30. The topological polar surface area (TPSA) is 3.24 Å². The Morgan fingerprint density at radius 3 is 2.56 bits per heavy atom. The van der Waals surface area contributed by atoms with Crippen LogP contribution in [0.4, 0.5) is 0 Å². The Bertz CT molecular complexity index is 161. The Hall–Kier alpha value is 0.250. The highest BCUT2D eigenvalue weighted by atomic mass is 35.5. The maximum Gasteiger partial charge on any atom is 0.0379 e. The minimum Gasteiger partial charge on any atom is -0.299 e. The first-order valence-electron chi connectivity index (χ1n) is 7.18. The first-order valence-corrected chi connectivity index (χ1v) is 7.72. The van der Waals surface area contributed by atoms with Gasteiger partial charge in [-0.05, 0) is 32.4 Å². The summed E-state index contributed by atoms with van der Waals surface area (Å²) in [5, 5.41) is 0. The molecule has 0 aromatic rings. The Balaban J connectivity index is 2.02. The molecule has 1 aliphatic rings. The van der Waals surface area contributed by atoms with Crippen molar-refractivity contribution in [1.82, 2.24) is 4.90 Å². The van der Waals surface area contributed by atoms with Gasteiger partial charge in [0.25, 0.3) is 0 Å². The van der Waals surface area contributed by atoms with Crippen LogP contribution in [0.1, 0.15) is 64.7 Å². The fourth-order valence-corrected chi connectivity index (χ4v) is 2.97. The predicted molar refractivity (Wildman–Crippen MR) is 73.3 cm³/mol. The number of unbranched alkanes of at least 4 members (excludes halogenated alkanes) is 5. The van der Waals surface area contributed by atoms with Crippen molar-refractivity contribution in [3.05, 3.63) is 0 Å². The zero-order valence-electron chi connectivity index (χ0n) is 10.9. The number of likely N-dealkylation sites (tertiary alicyclic amines) is 1. The summed E-state index contributed by atoms with van der Waals surface area (Å²) < 4.78 is 0. The van der Waals surface area contributed by atoms with Gasteiger partial charge in [0.1, 0.15) is 0 Å². The van der Waals surface area contributed by atoms with Gasteiger partial charge < -0.3 is 0 Å². The smallest absolute Gasteiger partial charge is 0.0379 e. The van der Waals surface area contributed by atoms with Gasteiger partial charge >= 0.3 is 0 Å². The average molecular weight is 246 g/mol.